The van der Waals surface area contributed by atoms with Gasteiger partial charge in [0.1, 0.15) is 0 Å². The second-order valence-electron chi connectivity index (χ2n) is 6.20. The molecule has 1 aromatic heterocycles. The highest BCUT2D eigenvalue weighted by Gasteiger charge is 2.24. The van der Waals surface area contributed by atoms with E-state index in [1.807, 2.05) is 30.5 Å². The molecular formula is C18H17ClN4O2S. The predicted molar refractivity (Wildman–Crippen MR) is 103 cm³/mol. The summed E-state index contributed by atoms with van der Waals surface area (Å²) in [6, 6.07) is 7.57. The minimum atomic E-state index is -0.428. The zero-order chi connectivity index (χ0) is 18.1. The number of thioether (sulfide) groups is 1. The molecule has 1 aromatic carbocycles. The molecule has 0 unspecified atom stereocenters. The zero-order valence-corrected chi connectivity index (χ0v) is 15.8. The van der Waals surface area contributed by atoms with Crippen molar-refractivity contribution in [1.82, 2.24) is 14.7 Å². The van der Waals surface area contributed by atoms with Crippen molar-refractivity contribution in [3.63, 3.8) is 0 Å². The lowest BCUT2D eigenvalue weighted by Gasteiger charge is -2.24. The van der Waals surface area contributed by atoms with E-state index in [9.17, 15) is 4.79 Å². The van der Waals surface area contributed by atoms with Crippen molar-refractivity contribution in [2.45, 2.75) is 26.3 Å². The van der Waals surface area contributed by atoms with Gasteiger partial charge in [-0.25, -0.2) is 9.79 Å². The Kier molecular flexibility index (Phi) is 4.74. The maximum atomic E-state index is 12.0. The third kappa shape index (κ3) is 3.64. The van der Waals surface area contributed by atoms with Crippen molar-refractivity contribution >= 4 is 28.5 Å². The van der Waals surface area contributed by atoms with Gasteiger partial charge in [-0.2, -0.15) is 4.68 Å². The molecule has 0 radical (unpaired) electrons. The highest BCUT2D eigenvalue weighted by Crippen LogP contribution is 2.29. The van der Waals surface area contributed by atoms with Gasteiger partial charge >= 0.3 is 5.76 Å². The van der Waals surface area contributed by atoms with Crippen LogP contribution in [0.2, 0.25) is 5.02 Å². The van der Waals surface area contributed by atoms with Gasteiger partial charge in [0.25, 0.3) is 0 Å². The average Bonchev–Trinajstić information content (AvgIpc) is 3.17. The monoisotopic (exact) mass is 388 g/mol. The van der Waals surface area contributed by atoms with Gasteiger partial charge < -0.3 is 9.32 Å². The van der Waals surface area contributed by atoms with Crippen molar-refractivity contribution in [2.75, 3.05) is 6.54 Å². The first-order chi connectivity index (χ1) is 12.6. The summed E-state index contributed by atoms with van der Waals surface area (Å²) in [7, 11) is 0. The molecule has 2 aliphatic rings. The fourth-order valence-corrected chi connectivity index (χ4v) is 3.82. The SMILES string of the molecule is CC1=CSC2=NC=C(Cc3nn(CCc4ccc(Cl)cc4)c(=O)o3)CN12. The second-order valence-corrected chi connectivity index (χ2v) is 7.47. The smallest absolute Gasteiger partial charge is 0.392 e. The summed E-state index contributed by atoms with van der Waals surface area (Å²) in [6.07, 6.45) is 3.01. The summed E-state index contributed by atoms with van der Waals surface area (Å²) in [6.45, 7) is 3.27. The Bertz CT molecular complexity index is 972. The molecule has 0 aliphatic carbocycles. The van der Waals surface area contributed by atoms with Crippen molar-refractivity contribution in [3.05, 3.63) is 74.2 Å². The average molecular weight is 389 g/mol. The molecule has 0 fully saturated rings. The summed E-state index contributed by atoms with van der Waals surface area (Å²) in [4.78, 5) is 18.6. The van der Waals surface area contributed by atoms with Gasteiger partial charge in [-0.3, -0.25) is 0 Å². The van der Waals surface area contributed by atoms with Crippen LogP contribution in [0.5, 0.6) is 0 Å². The first kappa shape index (κ1) is 17.2. The number of fused-ring (bicyclic) bond motifs is 1. The summed E-state index contributed by atoms with van der Waals surface area (Å²) in [5.74, 6) is -0.00754. The molecule has 26 heavy (non-hydrogen) atoms. The van der Waals surface area contributed by atoms with Crippen LogP contribution in [0.25, 0.3) is 0 Å². The van der Waals surface area contributed by atoms with E-state index in [-0.39, 0.29) is 0 Å². The third-order valence-corrected chi connectivity index (χ3v) is 5.51. The highest BCUT2D eigenvalue weighted by molar-refractivity contribution is 8.16. The normalized spacial score (nSPS) is 16.2. The van der Waals surface area contributed by atoms with Gasteiger partial charge in [-0.05, 0) is 42.0 Å². The van der Waals surface area contributed by atoms with Crippen molar-refractivity contribution in [1.29, 1.82) is 0 Å². The van der Waals surface area contributed by atoms with Gasteiger partial charge in [-0.1, -0.05) is 35.5 Å². The molecule has 0 N–H and O–H groups in total. The molecule has 2 aromatic rings. The van der Waals surface area contributed by atoms with Crippen LogP contribution in [0.4, 0.5) is 0 Å². The topological polar surface area (TPSA) is 63.6 Å². The standard InChI is InChI=1S/C18H17ClN4O2S/c1-12-11-26-17-20-9-14(10-22(12)17)8-16-21-23(18(24)25-16)7-6-13-2-4-15(19)5-3-13/h2-5,9,11H,6-8,10H2,1H3. The highest BCUT2D eigenvalue weighted by atomic mass is 35.5. The summed E-state index contributed by atoms with van der Waals surface area (Å²) < 4.78 is 6.68. The Morgan fingerprint density at radius 1 is 1.31 bits per heavy atom. The number of aryl methyl sites for hydroxylation is 2. The molecule has 134 valence electrons. The second kappa shape index (κ2) is 7.17. The fourth-order valence-electron chi connectivity index (χ4n) is 2.84. The van der Waals surface area contributed by atoms with Crippen LogP contribution in [0.3, 0.4) is 0 Å². The molecule has 0 saturated heterocycles. The molecular weight excluding hydrogens is 372 g/mol. The van der Waals surface area contributed by atoms with Crippen molar-refractivity contribution in [3.8, 4) is 0 Å². The number of nitrogens with zero attached hydrogens (tertiary/aromatic N) is 4. The number of hydrogen-bond donors (Lipinski definition) is 0. The number of benzene rings is 1. The van der Waals surface area contributed by atoms with Crippen LogP contribution in [0.15, 0.2) is 61.3 Å². The molecule has 4 rings (SSSR count). The Morgan fingerprint density at radius 2 is 2.12 bits per heavy atom. The summed E-state index contributed by atoms with van der Waals surface area (Å²) in [5, 5.41) is 8.09. The van der Waals surface area contributed by atoms with E-state index in [4.69, 9.17) is 16.0 Å². The van der Waals surface area contributed by atoms with Crippen LogP contribution < -0.4 is 5.76 Å². The van der Waals surface area contributed by atoms with Crippen LogP contribution >= 0.6 is 23.4 Å². The Hall–Kier alpha value is -2.25. The summed E-state index contributed by atoms with van der Waals surface area (Å²) in [5.41, 5.74) is 3.33. The Morgan fingerprint density at radius 3 is 2.92 bits per heavy atom. The van der Waals surface area contributed by atoms with Gasteiger partial charge in [0.05, 0.1) is 13.0 Å². The Labute approximate surface area is 159 Å². The largest absolute Gasteiger partial charge is 0.437 e. The van der Waals surface area contributed by atoms with Crippen molar-refractivity contribution < 1.29 is 4.42 Å². The number of halogens is 1. The van der Waals surface area contributed by atoms with Crippen molar-refractivity contribution in [2.24, 2.45) is 4.99 Å². The van der Waals surface area contributed by atoms with Crippen LogP contribution in [0, 0.1) is 0 Å². The van der Waals surface area contributed by atoms with E-state index >= 15 is 0 Å². The number of aromatic nitrogens is 2. The van der Waals surface area contributed by atoms with Gasteiger partial charge in [0, 0.05) is 23.5 Å². The van der Waals surface area contributed by atoms with E-state index in [0.717, 1.165) is 22.8 Å². The maximum Gasteiger partial charge on any atom is 0.437 e. The van der Waals surface area contributed by atoms with Gasteiger partial charge in [0.15, 0.2) is 5.17 Å². The molecule has 0 amide bonds. The molecule has 0 atom stereocenters. The van der Waals surface area contributed by atoms with Crippen LogP contribution in [-0.2, 0) is 19.4 Å². The third-order valence-electron chi connectivity index (χ3n) is 4.26. The van der Waals surface area contributed by atoms with Gasteiger partial charge in [-0.15, -0.1) is 5.10 Å². The minimum absolute atomic E-state index is 0.421. The van der Waals surface area contributed by atoms with E-state index in [0.29, 0.717) is 30.3 Å². The van der Waals surface area contributed by atoms with Gasteiger partial charge in [0.2, 0.25) is 5.89 Å². The quantitative estimate of drug-likeness (QED) is 0.785. The molecule has 2 aliphatic heterocycles. The molecule has 0 bridgehead atoms. The predicted octanol–water partition coefficient (Wildman–Crippen LogP) is 3.44. The van der Waals surface area contributed by atoms with E-state index in [2.05, 4.69) is 27.3 Å². The summed E-state index contributed by atoms with van der Waals surface area (Å²) >= 11 is 7.51. The molecule has 0 spiro atoms. The lowest BCUT2D eigenvalue weighted by molar-refractivity contribution is 0.446. The maximum absolute atomic E-state index is 12.0. The molecule has 8 heteroatoms. The number of rotatable bonds is 5. The fraction of sp³-hybridized carbons (Fsp3) is 0.278. The first-order valence-corrected chi connectivity index (χ1v) is 9.52. The lowest BCUT2D eigenvalue weighted by atomic mass is 10.1. The van der Waals surface area contributed by atoms with Crippen LogP contribution in [0.1, 0.15) is 18.4 Å². The van der Waals surface area contributed by atoms with E-state index < -0.39 is 5.76 Å². The first-order valence-electron chi connectivity index (χ1n) is 8.26. The number of amidine groups is 1. The van der Waals surface area contributed by atoms with E-state index in [1.165, 1.54) is 10.4 Å². The minimum Gasteiger partial charge on any atom is -0.392 e. The van der Waals surface area contributed by atoms with Crippen LogP contribution in [-0.4, -0.2) is 26.4 Å². The molecule has 6 nitrogen and oxygen atoms in total. The van der Waals surface area contributed by atoms with E-state index in [1.54, 1.807) is 11.8 Å². The zero-order valence-electron chi connectivity index (χ0n) is 14.2. The number of hydrogen-bond acceptors (Lipinski definition) is 6. The molecule has 3 heterocycles. The lowest BCUT2D eigenvalue weighted by Crippen LogP contribution is -2.28. The Balaban J connectivity index is 1.41. The number of allylic oxidation sites excluding steroid dienone is 1. The number of aliphatic imine (C=N–C) groups is 1. The molecule has 0 saturated carbocycles.